The molecule has 1 aliphatic carbocycles. The van der Waals surface area contributed by atoms with Crippen molar-refractivity contribution in [1.29, 1.82) is 0 Å². The standard InChI is InChI=1S/C11H23NO2/c1-11(12,8-13)9-14-10-6-4-2-3-5-7-10/h10,13H,2-9,12H2,1H3. The molecular formula is C11H23NO2. The Morgan fingerprint density at radius 2 is 1.86 bits per heavy atom. The molecule has 3 nitrogen and oxygen atoms in total. The van der Waals surface area contributed by atoms with Crippen molar-refractivity contribution in [3.05, 3.63) is 0 Å². The molecular weight excluding hydrogens is 178 g/mol. The summed E-state index contributed by atoms with van der Waals surface area (Å²) in [7, 11) is 0. The molecule has 0 heterocycles. The summed E-state index contributed by atoms with van der Waals surface area (Å²) in [6, 6.07) is 0. The van der Waals surface area contributed by atoms with E-state index in [1.807, 2.05) is 6.92 Å². The topological polar surface area (TPSA) is 55.5 Å². The minimum atomic E-state index is -0.577. The van der Waals surface area contributed by atoms with Crippen molar-refractivity contribution in [2.75, 3.05) is 13.2 Å². The molecule has 1 saturated carbocycles. The Kier molecular flexibility index (Phi) is 4.85. The van der Waals surface area contributed by atoms with E-state index < -0.39 is 5.54 Å². The van der Waals surface area contributed by atoms with Gasteiger partial charge in [0.2, 0.25) is 0 Å². The molecule has 0 aromatic heterocycles. The summed E-state index contributed by atoms with van der Waals surface area (Å²) < 4.78 is 5.73. The van der Waals surface area contributed by atoms with Crippen LogP contribution in [0, 0.1) is 0 Å². The molecule has 0 bridgehead atoms. The summed E-state index contributed by atoms with van der Waals surface area (Å²) in [6.07, 6.45) is 7.88. The van der Waals surface area contributed by atoms with Gasteiger partial charge in [0.1, 0.15) is 0 Å². The fourth-order valence-electron chi connectivity index (χ4n) is 1.76. The first-order valence-electron chi connectivity index (χ1n) is 5.65. The predicted octanol–water partition coefficient (Wildman–Crippen LogP) is 1.44. The maximum atomic E-state index is 8.97. The second-order valence-corrected chi connectivity index (χ2v) is 4.74. The Morgan fingerprint density at radius 3 is 2.36 bits per heavy atom. The van der Waals surface area contributed by atoms with Crippen LogP contribution in [0.15, 0.2) is 0 Å². The van der Waals surface area contributed by atoms with Crippen molar-refractivity contribution in [2.24, 2.45) is 5.73 Å². The van der Waals surface area contributed by atoms with E-state index in [1.54, 1.807) is 0 Å². The SMILES string of the molecule is CC(N)(CO)COC1CCCCCC1. The average Bonchev–Trinajstić information content (AvgIpc) is 2.43. The molecule has 84 valence electrons. The van der Waals surface area contributed by atoms with Crippen molar-refractivity contribution < 1.29 is 9.84 Å². The van der Waals surface area contributed by atoms with Crippen LogP contribution in [-0.2, 0) is 4.74 Å². The number of nitrogens with two attached hydrogens (primary N) is 1. The van der Waals surface area contributed by atoms with E-state index in [0.717, 1.165) is 12.8 Å². The second kappa shape index (κ2) is 5.69. The highest BCUT2D eigenvalue weighted by molar-refractivity contribution is 4.77. The van der Waals surface area contributed by atoms with Crippen molar-refractivity contribution in [2.45, 2.75) is 57.1 Å². The van der Waals surface area contributed by atoms with E-state index >= 15 is 0 Å². The van der Waals surface area contributed by atoms with Crippen molar-refractivity contribution >= 4 is 0 Å². The molecule has 0 radical (unpaired) electrons. The summed E-state index contributed by atoms with van der Waals surface area (Å²) in [4.78, 5) is 0. The molecule has 0 spiro atoms. The number of ether oxygens (including phenoxy) is 1. The number of hydrogen-bond acceptors (Lipinski definition) is 3. The Balaban J connectivity index is 2.22. The molecule has 1 unspecified atom stereocenters. The largest absolute Gasteiger partial charge is 0.394 e. The van der Waals surface area contributed by atoms with Crippen LogP contribution in [0.3, 0.4) is 0 Å². The molecule has 3 heteroatoms. The van der Waals surface area contributed by atoms with Gasteiger partial charge in [0.25, 0.3) is 0 Å². The lowest BCUT2D eigenvalue weighted by Gasteiger charge is -2.25. The molecule has 1 aliphatic rings. The average molecular weight is 201 g/mol. The first kappa shape index (κ1) is 12.0. The van der Waals surface area contributed by atoms with Gasteiger partial charge in [-0.2, -0.15) is 0 Å². The molecule has 14 heavy (non-hydrogen) atoms. The zero-order chi connectivity index (χ0) is 10.4. The summed E-state index contributed by atoms with van der Waals surface area (Å²) in [5, 5.41) is 8.97. The van der Waals surface area contributed by atoms with Gasteiger partial charge in [0.15, 0.2) is 0 Å². The van der Waals surface area contributed by atoms with E-state index in [9.17, 15) is 0 Å². The minimum absolute atomic E-state index is 0.0142. The van der Waals surface area contributed by atoms with Crippen LogP contribution in [0.4, 0.5) is 0 Å². The van der Waals surface area contributed by atoms with Crippen LogP contribution in [0.25, 0.3) is 0 Å². The molecule has 0 amide bonds. The summed E-state index contributed by atoms with van der Waals surface area (Å²) in [5.74, 6) is 0. The molecule has 1 fully saturated rings. The lowest BCUT2D eigenvalue weighted by Crippen LogP contribution is -2.45. The van der Waals surface area contributed by atoms with Gasteiger partial charge in [0, 0.05) is 0 Å². The summed E-state index contributed by atoms with van der Waals surface area (Å²) in [6.45, 7) is 2.28. The molecule has 3 N–H and O–H groups in total. The van der Waals surface area contributed by atoms with Crippen molar-refractivity contribution in [3.63, 3.8) is 0 Å². The lowest BCUT2D eigenvalue weighted by atomic mass is 10.1. The van der Waals surface area contributed by atoms with E-state index in [0.29, 0.717) is 12.7 Å². The van der Waals surface area contributed by atoms with E-state index in [1.165, 1.54) is 25.7 Å². The Bertz CT molecular complexity index is 151. The van der Waals surface area contributed by atoms with Crippen LogP contribution in [-0.4, -0.2) is 30.0 Å². The van der Waals surface area contributed by atoms with E-state index in [4.69, 9.17) is 15.6 Å². The van der Waals surface area contributed by atoms with E-state index in [-0.39, 0.29) is 6.61 Å². The van der Waals surface area contributed by atoms with Gasteiger partial charge in [-0.25, -0.2) is 0 Å². The van der Waals surface area contributed by atoms with Gasteiger partial charge in [-0.15, -0.1) is 0 Å². The fraction of sp³-hybridized carbons (Fsp3) is 1.00. The van der Waals surface area contributed by atoms with Gasteiger partial charge >= 0.3 is 0 Å². The van der Waals surface area contributed by atoms with Crippen LogP contribution < -0.4 is 5.73 Å². The van der Waals surface area contributed by atoms with Gasteiger partial charge in [0.05, 0.1) is 24.9 Å². The third-order valence-corrected chi connectivity index (χ3v) is 2.81. The molecule has 0 aromatic rings. The van der Waals surface area contributed by atoms with E-state index in [2.05, 4.69) is 0 Å². The van der Waals surface area contributed by atoms with Crippen LogP contribution in [0.5, 0.6) is 0 Å². The highest BCUT2D eigenvalue weighted by Crippen LogP contribution is 2.20. The number of hydrogen-bond donors (Lipinski definition) is 2. The number of aliphatic hydroxyl groups excluding tert-OH is 1. The maximum absolute atomic E-state index is 8.97. The lowest BCUT2D eigenvalue weighted by molar-refractivity contribution is 0.00178. The fourth-order valence-corrected chi connectivity index (χ4v) is 1.76. The summed E-state index contributed by atoms with van der Waals surface area (Å²) >= 11 is 0. The van der Waals surface area contributed by atoms with Crippen LogP contribution in [0.2, 0.25) is 0 Å². The minimum Gasteiger partial charge on any atom is -0.394 e. The first-order valence-corrected chi connectivity index (χ1v) is 5.65. The van der Waals surface area contributed by atoms with Gasteiger partial charge < -0.3 is 15.6 Å². The van der Waals surface area contributed by atoms with Gasteiger partial charge in [-0.3, -0.25) is 0 Å². The third-order valence-electron chi connectivity index (χ3n) is 2.81. The van der Waals surface area contributed by atoms with Crippen LogP contribution in [0.1, 0.15) is 45.4 Å². The second-order valence-electron chi connectivity index (χ2n) is 4.74. The van der Waals surface area contributed by atoms with Gasteiger partial charge in [-0.05, 0) is 19.8 Å². The summed E-state index contributed by atoms with van der Waals surface area (Å²) in [5.41, 5.74) is 5.22. The Hall–Kier alpha value is -0.120. The molecule has 0 saturated heterocycles. The third kappa shape index (κ3) is 4.40. The van der Waals surface area contributed by atoms with Gasteiger partial charge in [-0.1, -0.05) is 25.7 Å². The Labute approximate surface area is 86.6 Å². The molecule has 0 aliphatic heterocycles. The zero-order valence-corrected chi connectivity index (χ0v) is 9.17. The van der Waals surface area contributed by atoms with Crippen LogP contribution >= 0.6 is 0 Å². The molecule has 1 atom stereocenters. The normalized spacial score (nSPS) is 24.2. The number of aliphatic hydroxyl groups is 1. The highest BCUT2D eigenvalue weighted by atomic mass is 16.5. The predicted molar refractivity (Wildman–Crippen MR) is 57.1 cm³/mol. The first-order chi connectivity index (χ1) is 6.64. The molecule has 1 rings (SSSR count). The quantitative estimate of drug-likeness (QED) is 0.677. The Morgan fingerprint density at radius 1 is 1.29 bits per heavy atom. The van der Waals surface area contributed by atoms with Crippen molar-refractivity contribution in [3.8, 4) is 0 Å². The van der Waals surface area contributed by atoms with Crippen molar-refractivity contribution in [1.82, 2.24) is 0 Å². The number of rotatable bonds is 4. The zero-order valence-electron chi connectivity index (χ0n) is 9.17. The maximum Gasteiger partial charge on any atom is 0.0669 e. The molecule has 0 aromatic carbocycles. The highest BCUT2D eigenvalue weighted by Gasteiger charge is 2.20. The monoisotopic (exact) mass is 201 g/mol. The smallest absolute Gasteiger partial charge is 0.0669 e.